The number of carbonyl (C=O) groups is 1. The van der Waals surface area contributed by atoms with Crippen molar-refractivity contribution in [1.29, 1.82) is 0 Å². The van der Waals surface area contributed by atoms with Gasteiger partial charge in [-0.1, -0.05) is 0 Å². The van der Waals surface area contributed by atoms with Crippen molar-refractivity contribution < 1.29 is 13.9 Å². The third-order valence-corrected chi connectivity index (χ3v) is 3.78. The number of amides is 1. The first-order valence-electron chi connectivity index (χ1n) is 7.88. The van der Waals surface area contributed by atoms with Crippen molar-refractivity contribution in [2.24, 2.45) is 0 Å². The lowest BCUT2D eigenvalue weighted by atomic mass is 10.1. The largest absolute Gasteiger partial charge is 0.497 e. The summed E-state index contributed by atoms with van der Waals surface area (Å²) < 4.78 is 12.0. The number of aryl methyl sites for hydroxylation is 1. The Kier molecular flexibility index (Phi) is 4.31. The monoisotopic (exact) mass is 341 g/mol. The van der Waals surface area contributed by atoms with Crippen LogP contribution < -0.4 is 15.7 Å². The van der Waals surface area contributed by atoms with E-state index < -0.39 is 11.5 Å². The van der Waals surface area contributed by atoms with Crippen LogP contribution in [-0.4, -0.2) is 22.8 Å². The predicted octanol–water partition coefficient (Wildman–Crippen LogP) is 3.14. The SMILES string of the molecule is COc1ccc2c(C(=O)Nc3cc(C)nn3C(C)C)cc(=O)oc2c1. The fourth-order valence-electron chi connectivity index (χ4n) is 2.65. The van der Waals surface area contributed by atoms with Gasteiger partial charge in [-0.05, 0) is 32.9 Å². The highest BCUT2D eigenvalue weighted by Gasteiger charge is 2.17. The van der Waals surface area contributed by atoms with Gasteiger partial charge in [0.25, 0.3) is 5.91 Å². The number of hydrogen-bond acceptors (Lipinski definition) is 5. The van der Waals surface area contributed by atoms with Gasteiger partial charge in [-0.3, -0.25) is 4.79 Å². The number of benzene rings is 1. The van der Waals surface area contributed by atoms with E-state index in [1.165, 1.54) is 13.2 Å². The fourth-order valence-corrected chi connectivity index (χ4v) is 2.65. The Morgan fingerprint density at radius 3 is 2.72 bits per heavy atom. The van der Waals surface area contributed by atoms with Gasteiger partial charge >= 0.3 is 5.63 Å². The van der Waals surface area contributed by atoms with E-state index in [-0.39, 0.29) is 11.6 Å². The van der Waals surface area contributed by atoms with Crippen molar-refractivity contribution >= 4 is 22.7 Å². The highest BCUT2D eigenvalue weighted by Crippen LogP contribution is 2.24. The summed E-state index contributed by atoms with van der Waals surface area (Å²) in [6.07, 6.45) is 0. The second-order valence-corrected chi connectivity index (χ2v) is 6.00. The molecule has 0 aliphatic rings. The number of fused-ring (bicyclic) bond motifs is 1. The molecule has 0 unspecified atom stereocenters. The van der Waals surface area contributed by atoms with Crippen LogP contribution in [0.3, 0.4) is 0 Å². The van der Waals surface area contributed by atoms with Crippen LogP contribution in [0, 0.1) is 6.92 Å². The summed E-state index contributed by atoms with van der Waals surface area (Å²) in [5, 5.41) is 7.72. The number of nitrogens with one attached hydrogen (secondary N) is 1. The molecule has 3 aromatic rings. The molecule has 0 spiro atoms. The zero-order valence-corrected chi connectivity index (χ0v) is 14.5. The van der Waals surface area contributed by atoms with Crippen molar-refractivity contribution in [3.8, 4) is 5.75 Å². The highest BCUT2D eigenvalue weighted by molar-refractivity contribution is 6.11. The Morgan fingerprint density at radius 2 is 2.04 bits per heavy atom. The summed E-state index contributed by atoms with van der Waals surface area (Å²) in [7, 11) is 1.52. The molecule has 0 saturated carbocycles. The molecule has 1 amide bonds. The van der Waals surface area contributed by atoms with Crippen LogP contribution in [0.5, 0.6) is 5.75 Å². The van der Waals surface area contributed by atoms with Crippen LogP contribution in [0.15, 0.2) is 39.5 Å². The maximum Gasteiger partial charge on any atom is 0.337 e. The summed E-state index contributed by atoms with van der Waals surface area (Å²) in [5.74, 6) is 0.721. The topological polar surface area (TPSA) is 86.4 Å². The van der Waals surface area contributed by atoms with E-state index in [0.717, 1.165) is 5.69 Å². The van der Waals surface area contributed by atoms with Gasteiger partial charge in [0.1, 0.15) is 17.2 Å². The minimum Gasteiger partial charge on any atom is -0.497 e. The molecule has 0 saturated heterocycles. The number of aromatic nitrogens is 2. The average molecular weight is 341 g/mol. The van der Waals surface area contributed by atoms with E-state index in [4.69, 9.17) is 9.15 Å². The molecule has 2 heterocycles. The van der Waals surface area contributed by atoms with E-state index in [1.807, 2.05) is 20.8 Å². The summed E-state index contributed by atoms with van der Waals surface area (Å²) in [4.78, 5) is 24.6. The molecule has 130 valence electrons. The van der Waals surface area contributed by atoms with Gasteiger partial charge in [0.05, 0.1) is 18.4 Å². The fraction of sp³-hybridized carbons (Fsp3) is 0.278. The van der Waals surface area contributed by atoms with E-state index in [9.17, 15) is 9.59 Å². The van der Waals surface area contributed by atoms with Crippen molar-refractivity contribution in [1.82, 2.24) is 9.78 Å². The average Bonchev–Trinajstić information content (AvgIpc) is 2.93. The third kappa shape index (κ3) is 3.26. The van der Waals surface area contributed by atoms with Gasteiger partial charge in [0, 0.05) is 29.6 Å². The Bertz CT molecular complexity index is 1000. The van der Waals surface area contributed by atoms with Gasteiger partial charge < -0.3 is 14.5 Å². The third-order valence-electron chi connectivity index (χ3n) is 3.78. The van der Waals surface area contributed by atoms with Crippen LogP contribution >= 0.6 is 0 Å². The molecule has 0 atom stereocenters. The normalized spacial score (nSPS) is 11.1. The van der Waals surface area contributed by atoms with Crippen LogP contribution in [0.2, 0.25) is 0 Å². The lowest BCUT2D eigenvalue weighted by Crippen LogP contribution is -2.18. The van der Waals surface area contributed by atoms with E-state index in [1.54, 1.807) is 28.9 Å². The maximum atomic E-state index is 12.8. The molecular weight excluding hydrogens is 322 g/mol. The Morgan fingerprint density at radius 1 is 1.28 bits per heavy atom. The number of methoxy groups -OCH3 is 1. The van der Waals surface area contributed by atoms with Crippen LogP contribution in [0.1, 0.15) is 35.9 Å². The van der Waals surface area contributed by atoms with Crippen molar-refractivity contribution in [2.75, 3.05) is 12.4 Å². The number of carbonyl (C=O) groups excluding carboxylic acids is 1. The summed E-state index contributed by atoms with van der Waals surface area (Å²) in [6, 6.07) is 8.04. The van der Waals surface area contributed by atoms with E-state index >= 15 is 0 Å². The molecule has 0 bridgehead atoms. The number of nitrogens with zero attached hydrogens (tertiary/aromatic N) is 2. The first-order valence-corrected chi connectivity index (χ1v) is 7.88. The molecular formula is C18H19N3O4. The molecule has 7 heteroatoms. The van der Waals surface area contributed by atoms with Crippen molar-refractivity contribution in [3.63, 3.8) is 0 Å². The molecule has 0 radical (unpaired) electrons. The number of hydrogen-bond donors (Lipinski definition) is 1. The molecule has 1 aromatic carbocycles. The number of anilines is 1. The van der Waals surface area contributed by atoms with Gasteiger partial charge in [0.2, 0.25) is 0 Å². The second-order valence-electron chi connectivity index (χ2n) is 6.00. The Labute approximate surface area is 144 Å². The molecule has 0 aliphatic heterocycles. The molecule has 3 rings (SSSR count). The van der Waals surface area contributed by atoms with Crippen molar-refractivity contribution in [2.45, 2.75) is 26.8 Å². The van der Waals surface area contributed by atoms with Gasteiger partial charge in [-0.25, -0.2) is 9.48 Å². The first kappa shape index (κ1) is 16.8. The lowest BCUT2D eigenvalue weighted by molar-refractivity contribution is 0.102. The minimum absolute atomic E-state index is 0.0887. The van der Waals surface area contributed by atoms with Gasteiger partial charge in [0.15, 0.2) is 0 Å². The lowest BCUT2D eigenvalue weighted by Gasteiger charge is -2.12. The predicted molar refractivity (Wildman–Crippen MR) is 94.3 cm³/mol. The van der Waals surface area contributed by atoms with Gasteiger partial charge in [-0.2, -0.15) is 5.10 Å². The van der Waals surface area contributed by atoms with Crippen LogP contribution in [-0.2, 0) is 0 Å². The Hall–Kier alpha value is -3.09. The van der Waals surface area contributed by atoms with Crippen LogP contribution in [0.4, 0.5) is 5.82 Å². The second kappa shape index (κ2) is 6.43. The smallest absolute Gasteiger partial charge is 0.337 e. The quantitative estimate of drug-likeness (QED) is 0.737. The Balaban J connectivity index is 2.04. The highest BCUT2D eigenvalue weighted by atomic mass is 16.5. The summed E-state index contributed by atoms with van der Waals surface area (Å²) in [5.41, 5.74) is 0.735. The van der Waals surface area contributed by atoms with Crippen LogP contribution in [0.25, 0.3) is 11.0 Å². The molecule has 0 aliphatic carbocycles. The minimum atomic E-state index is -0.598. The molecule has 25 heavy (non-hydrogen) atoms. The standard InChI is InChI=1S/C18H19N3O4/c1-10(2)21-16(7-11(3)20-21)19-18(23)14-9-17(22)25-15-8-12(24-4)5-6-13(14)15/h5-10H,1-4H3,(H,19,23). The number of rotatable bonds is 4. The molecule has 1 N–H and O–H groups in total. The van der Waals surface area contributed by atoms with Crippen molar-refractivity contribution in [3.05, 3.63) is 52.0 Å². The van der Waals surface area contributed by atoms with Gasteiger partial charge in [-0.15, -0.1) is 0 Å². The zero-order chi connectivity index (χ0) is 18.1. The zero-order valence-electron chi connectivity index (χ0n) is 14.5. The van der Waals surface area contributed by atoms with E-state index in [0.29, 0.717) is 22.5 Å². The first-order chi connectivity index (χ1) is 11.9. The maximum absolute atomic E-state index is 12.8. The number of ether oxygens (including phenoxy) is 1. The molecule has 7 nitrogen and oxygen atoms in total. The van der Waals surface area contributed by atoms with E-state index in [2.05, 4.69) is 10.4 Å². The molecule has 2 aromatic heterocycles. The summed E-state index contributed by atoms with van der Waals surface area (Å²) in [6.45, 7) is 5.80. The molecule has 0 fully saturated rings. The summed E-state index contributed by atoms with van der Waals surface area (Å²) >= 11 is 0.